The molecule has 0 saturated carbocycles. The summed E-state index contributed by atoms with van der Waals surface area (Å²) in [5.74, 6) is 0.119. The number of likely N-dealkylation sites (N-methyl/N-ethyl adjacent to an activating group) is 2. The highest BCUT2D eigenvalue weighted by atomic mass is 19.1. The quantitative estimate of drug-likeness (QED) is 0.203. The van der Waals surface area contributed by atoms with E-state index >= 15 is 0 Å². The minimum atomic E-state index is -0.702. The molecule has 0 radical (unpaired) electrons. The Bertz CT molecular complexity index is 1590. The lowest BCUT2D eigenvalue weighted by Gasteiger charge is -2.23. The number of anilines is 4. The number of oxazole rings is 1. The van der Waals surface area contributed by atoms with Crippen LogP contribution < -0.4 is 16.0 Å². The Morgan fingerprint density at radius 3 is 2.64 bits per heavy atom. The van der Waals surface area contributed by atoms with Gasteiger partial charge in [0, 0.05) is 49.9 Å². The number of nitrogens with one attached hydrogen (secondary N) is 3. The van der Waals surface area contributed by atoms with Crippen molar-refractivity contribution in [2.45, 2.75) is 26.3 Å². The van der Waals surface area contributed by atoms with E-state index in [-0.39, 0.29) is 23.6 Å². The second-order valence-corrected chi connectivity index (χ2v) is 10.00. The number of carbonyl (C=O) groups is 2. The van der Waals surface area contributed by atoms with Gasteiger partial charge in [0.05, 0.1) is 5.56 Å². The van der Waals surface area contributed by atoms with E-state index in [1.165, 1.54) is 23.1 Å². The van der Waals surface area contributed by atoms with Crippen molar-refractivity contribution in [3.8, 4) is 11.5 Å². The first-order valence-corrected chi connectivity index (χ1v) is 13.6. The van der Waals surface area contributed by atoms with Gasteiger partial charge in [0.1, 0.15) is 23.2 Å². The summed E-state index contributed by atoms with van der Waals surface area (Å²) in [7, 11) is 5.40. The normalized spacial score (nSPS) is 12.1. The number of hydrogen-bond donors (Lipinski definition) is 3. The Morgan fingerprint density at radius 2 is 1.90 bits per heavy atom. The Balaban J connectivity index is 1.51. The van der Waals surface area contributed by atoms with Gasteiger partial charge in [-0.25, -0.2) is 14.4 Å². The lowest BCUT2D eigenvalue weighted by molar-refractivity contribution is -0.132. The Labute approximate surface area is 243 Å². The lowest BCUT2D eigenvalue weighted by atomic mass is 10.2. The molecule has 12 heteroatoms. The van der Waals surface area contributed by atoms with E-state index in [0.29, 0.717) is 52.8 Å². The zero-order chi connectivity index (χ0) is 30.2. The summed E-state index contributed by atoms with van der Waals surface area (Å²) < 4.78 is 19.7. The molecule has 0 spiro atoms. The number of amides is 2. The highest BCUT2D eigenvalue weighted by Gasteiger charge is 2.22. The van der Waals surface area contributed by atoms with Crippen LogP contribution in [0.4, 0.5) is 27.5 Å². The maximum atomic E-state index is 13.6. The van der Waals surface area contributed by atoms with Crippen molar-refractivity contribution in [1.29, 1.82) is 0 Å². The predicted octanol–water partition coefficient (Wildman–Crippen LogP) is 4.89. The fourth-order valence-electron chi connectivity index (χ4n) is 3.88. The number of fused-ring (bicyclic) bond motifs is 1. The smallest absolute Gasteiger partial charge is 0.246 e. The van der Waals surface area contributed by atoms with Crippen LogP contribution in [0.5, 0.6) is 0 Å². The highest BCUT2D eigenvalue weighted by Crippen LogP contribution is 2.31. The Kier molecular flexibility index (Phi) is 9.81. The number of benzene rings is 2. The van der Waals surface area contributed by atoms with Crippen molar-refractivity contribution in [2.75, 3.05) is 50.2 Å². The van der Waals surface area contributed by atoms with Gasteiger partial charge < -0.3 is 30.2 Å². The van der Waals surface area contributed by atoms with Gasteiger partial charge in [-0.3, -0.25) is 9.59 Å². The molecule has 1 unspecified atom stereocenters. The molecule has 42 heavy (non-hydrogen) atoms. The molecule has 2 heterocycles. The van der Waals surface area contributed by atoms with Crippen LogP contribution in [0.15, 0.2) is 65.2 Å². The van der Waals surface area contributed by atoms with Gasteiger partial charge >= 0.3 is 0 Å². The summed E-state index contributed by atoms with van der Waals surface area (Å²) in [5.41, 5.74) is 2.60. The van der Waals surface area contributed by atoms with Crippen molar-refractivity contribution < 1.29 is 18.4 Å². The minimum Gasteiger partial charge on any atom is -0.436 e. The zero-order valence-corrected chi connectivity index (χ0v) is 24.3. The molecule has 2 aromatic heterocycles. The second-order valence-electron chi connectivity index (χ2n) is 10.00. The molecule has 4 rings (SSSR count). The molecule has 2 amide bonds. The summed E-state index contributed by atoms with van der Waals surface area (Å²) >= 11 is 0. The van der Waals surface area contributed by atoms with Crippen LogP contribution in [0.25, 0.3) is 22.6 Å². The summed E-state index contributed by atoms with van der Waals surface area (Å²) in [4.78, 5) is 42.2. The SMILES string of the molecule is CCCNc1nc(Nc2cccc(F)c2)ncc1-c1nc2ccc(NC(=O)C(C)N(C)C(=O)C=CCN(C)C)cc2o1. The Morgan fingerprint density at radius 1 is 1.10 bits per heavy atom. The molecule has 0 saturated heterocycles. The monoisotopic (exact) mass is 574 g/mol. The first-order chi connectivity index (χ1) is 20.1. The van der Waals surface area contributed by atoms with Gasteiger partial charge in [0.15, 0.2) is 5.58 Å². The third-order valence-corrected chi connectivity index (χ3v) is 6.34. The van der Waals surface area contributed by atoms with E-state index in [0.717, 1.165) is 6.42 Å². The van der Waals surface area contributed by atoms with Gasteiger partial charge in [-0.15, -0.1) is 0 Å². The molecule has 0 aliphatic rings. The largest absolute Gasteiger partial charge is 0.436 e. The van der Waals surface area contributed by atoms with Gasteiger partial charge in [-0.05, 0) is 57.8 Å². The number of halogens is 1. The third-order valence-electron chi connectivity index (χ3n) is 6.34. The molecular formula is C30H35FN8O3. The van der Waals surface area contributed by atoms with Crippen LogP contribution in [0.1, 0.15) is 20.3 Å². The third kappa shape index (κ3) is 7.67. The number of rotatable bonds is 12. The molecule has 0 aliphatic heterocycles. The zero-order valence-electron chi connectivity index (χ0n) is 24.3. The van der Waals surface area contributed by atoms with E-state index < -0.39 is 6.04 Å². The lowest BCUT2D eigenvalue weighted by Crippen LogP contribution is -2.42. The fraction of sp³-hybridized carbons (Fsp3) is 0.300. The maximum absolute atomic E-state index is 13.6. The molecule has 4 aromatic rings. The van der Waals surface area contributed by atoms with E-state index in [2.05, 4.69) is 30.9 Å². The van der Waals surface area contributed by atoms with Crippen LogP contribution in [0.3, 0.4) is 0 Å². The average Bonchev–Trinajstić information content (AvgIpc) is 3.38. The van der Waals surface area contributed by atoms with Gasteiger partial charge in [0.2, 0.25) is 23.7 Å². The van der Waals surface area contributed by atoms with E-state index in [4.69, 9.17) is 4.42 Å². The van der Waals surface area contributed by atoms with Crippen molar-refractivity contribution in [2.24, 2.45) is 0 Å². The van der Waals surface area contributed by atoms with Gasteiger partial charge in [-0.1, -0.05) is 19.1 Å². The molecule has 1 atom stereocenters. The number of aromatic nitrogens is 3. The van der Waals surface area contributed by atoms with Crippen molar-refractivity contribution in [3.63, 3.8) is 0 Å². The minimum absolute atomic E-state index is 0.262. The predicted molar refractivity (Wildman–Crippen MR) is 162 cm³/mol. The molecule has 0 fully saturated rings. The van der Waals surface area contributed by atoms with Crippen LogP contribution >= 0.6 is 0 Å². The van der Waals surface area contributed by atoms with Gasteiger partial charge in [-0.2, -0.15) is 4.98 Å². The van der Waals surface area contributed by atoms with Gasteiger partial charge in [0.25, 0.3) is 0 Å². The molecule has 220 valence electrons. The van der Waals surface area contributed by atoms with Crippen LogP contribution in [0, 0.1) is 5.82 Å². The first-order valence-electron chi connectivity index (χ1n) is 13.6. The molecule has 2 aromatic carbocycles. The van der Waals surface area contributed by atoms with Crippen LogP contribution in [-0.4, -0.2) is 76.8 Å². The van der Waals surface area contributed by atoms with Crippen LogP contribution in [-0.2, 0) is 9.59 Å². The maximum Gasteiger partial charge on any atom is 0.246 e. The molecule has 0 aliphatic carbocycles. The number of hydrogen-bond acceptors (Lipinski definition) is 9. The van der Waals surface area contributed by atoms with Crippen molar-refractivity contribution in [3.05, 3.63) is 66.6 Å². The molecular weight excluding hydrogens is 539 g/mol. The van der Waals surface area contributed by atoms with Crippen molar-refractivity contribution >= 4 is 46.1 Å². The molecule has 11 nitrogen and oxygen atoms in total. The first kappa shape index (κ1) is 30.1. The standard InChI is InChI=1S/C30H35FN8O3/c1-6-14-32-27-23(18-33-30(37-27)35-21-10-7-9-20(31)16-21)29-36-24-13-12-22(17-25(24)42-29)34-28(41)19(2)39(5)26(40)11-8-15-38(3)4/h7-13,16-19H,6,14-15H2,1-5H3,(H,34,41)(H2,32,33,35,37). The summed E-state index contributed by atoms with van der Waals surface area (Å²) in [6.45, 7) is 4.97. The summed E-state index contributed by atoms with van der Waals surface area (Å²) in [5, 5.41) is 9.12. The summed E-state index contributed by atoms with van der Waals surface area (Å²) in [6.07, 6.45) is 5.66. The highest BCUT2D eigenvalue weighted by molar-refractivity contribution is 5.99. The number of nitrogens with zero attached hydrogens (tertiary/aromatic N) is 5. The Hall–Kier alpha value is -4.84. The van der Waals surface area contributed by atoms with E-state index in [9.17, 15) is 14.0 Å². The summed E-state index contributed by atoms with van der Waals surface area (Å²) in [6, 6.07) is 10.5. The van der Waals surface area contributed by atoms with E-state index in [1.54, 1.807) is 56.6 Å². The molecule has 3 N–H and O–H groups in total. The second kappa shape index (κ2) is 13.7. The topological polar surface area (TPSA) is 129 Å². The number of carbonyl (C=O) groups excluding carboxylic acids is 2. The molecule has 0 bridgehead atoms. The average molecular weight is 575 g/mol. The fourth-order valence-corrected chi connectivity index (χ4v) is 3.88. The van der Waals surface area contributed by atoms with Crippen LogP contribution in [0.2, 0.25) is 0 Å². The van der Waals surface area contributed by atoms with Crippen molar-refractivity contribution in [1.82, 2.24) is 24.8 Å². The van der Waals surface area contributed by atoms with E-state index in [1.807, 2.05) is 25.9 Å².